The van der Waals surface area contributed by atoms with Crippen molar-refractivity contribution in [3.8, 4) is 0 Å². The number of hydrogen-bond donors (Lipinski definition) is 11. The van der Waals surface area contributed by atoms with Crippen molar-refractivity contribution in [1.29, 1.82) is 0 Å². The number of ether oxygens (including phenoxy) is 5. The van der Waals surface area contributed by atoms with Crippen LogP contribution in [0.3, 0.4) is 0 Å². The zero-order valence-electron chi connectivity index (χ0n) is 18.1. The van der Waals surface area contributed by atoms with Crippen molar-refractivity contribution in [3.05, 3.63) is 0 Å². The van der Waals surface area contributed by atoms with Crippen molar-refractivity contribution in [1.82, 2.24) is 0 Å². The molecular weight excluding hydrogens is 466 g/mol. The molecule has 3 rings (SSSR count). The lowest BCUT2D eigenvalue weighted by molar-refractivity contribution is -0.348. The maximum atomic E-state index is 10.8. The highest BCUT2D eigenvalue weighted by atomic mass is 16.7. The van der Waals surface area contributed by atoms with Crippen molar-refractivity contribution >= 4 is 0 Å². The molecule has 3 fully saturated rings. The summed E-state index contributed by atoms with van der Waals surface area (Å²) in [5.41, 5.74) is 17.6. The molecule has 0 aromatic carbocycles. The van der Waals surface area contributed by atoms with E-state index < -0.39 is 112 Å². The summed E-state index contributed by atoms with van der Waals surface area (Å²) in [7, 11) is 0. The van der Waals surface area contributed by atoms with E-state index >= 15 is 0 Å². The smallest absolute Gasteiger partial charge is 0.176 e. The highest BCUT2D eigenvalue weighted by molar-refractivity contribution is 4.98. The number of rotatable bonds is 7. The first kappa shape index (κ1) is 27.9. The highest BCUT2D eigenvalue weighted by Gasteiger charge is 2.52. The molecule has 200 valence electrons. The van der Waals surface area contributed by atoms with Crippen LogP contribution < -0.4 is 17.2 Å². The molecular formula is C18H35N3O13. The fourth-order valence-corrected chi connectivity index (χ4v) is 4.18. The summed E-state index contributed by atoms with van der Waals surface area (Å²) in [6, 6.07) is -3.87. The molecule has 16 nitrogen and oxygen atoms in total. The minimum Gasteiger partial charge on any atom is -0.394 e. The van der Waals surface area contributed by atoms with Gasteiger partial charge in [-0.3, -0.25) is 0 Å². The van der Waals surface area contributed by atoms with Crippen LogP contribution in [0, 0.1) is 0 Å². The first-order valence-electron chi connectivity index (χ1n) is 10.8. The van der Waals surface area contributed by atoms with E-state index in [-0.39, 0.29) is 0 Å². The Kier molecular flexibility index (Phi) is 9.54. The molecule has 0 spiro atoms. The van der Waals surface area contributed by atoms with E-state index in [1.54, 1.807) is 0 Å². The Morgan fingerprint density at radius 2 is 0.941 bits per heavy atom. The number of nitrogens with two attached hydrogens (primary N) is 3. The second-order valence-corrected chi connectivity index (χ2v) is 8.59. The van der Waals surface area contributed by atoms with Gasteiger partial charge in [-0.05, 0) is 0 Å². The van der Waals surface area contributed by atoms with Crippen molar-refractivity contribution < 1.29 is 64.5 Å². The molecule has 15 atom stereocenters. The predicted molar refractivity (Wildman–Crippen MR) is 107 cm³/mol. The number of aliphatic hydroxyl groups excluding tert-OH is 8. The zero-order chi connectivity index (χ0) is 25.3. The lowest BCUT2D eigenvalue weighted by Gasteiger charge is -2.48. The maximum Gasteiger partial charge on any atom is 0.176 e. The van der Waals surface area contributed by atoms with Crippen LogP contribution in [0.15, 0.2) is 0 Å². The normalized spacial score (nSPS) is 52.5. The lowest BCUT2D eigenvalue weighted by atomic mass is 9.94. The molecule has 0 radical (unpaired) electrons. The molecule has 3 aliphatic heterocycles. The van der Waals surface area contributed by atoms with Gasteiger partial charge in [-0.1, -0.05) is 0 Å². The lowest BCUT2D eigenvalue weighted by Crippen LogP contribution is -2.69. The second-order valence-electron chi connectivity index (χ2n) is 8.59. The van der Waals surface area contributed by atoms with Gasteiger partial charge in [-0.2, -0.15) is 0 Å². The molecule has 16 heteroatoms. The third-order valence-electron chi connectivity index (χ3n) is 6.33. The Balaban J connectivity index is 1.72. The van der Waals surface area contributed by atoms with Crippen LogP contribution in [0.1, 0.15) is 0 Å². The zero-order valence-corrected chi connectivity index (χ0v) is 18.1. The predicted octanol–water partition coefficient (Wildman–Crippen LogP) is -7.67. The third-order valence-corrected chi connectivity index (χ3v) is 6.33. The van der Waals surface area contributed by atoms with Gasteiger partial charge >= 0.3 is 0 Å². The summed E-state index contributed by atoms with van der Waals surface area (Å²) in [6.45, 7) is -2.00. The first-order valence-corrected chi connectivity index (χ1v) is 10.8. The van der Waals surface area contributed by atoms with Crippen LogP contribution in [-0.4, -0.2) is 153 Å². The minimum absolute atomic E-state index is 0.651. The van der Waals surface area contributed by atoms with Crippen molar-refractivity contribution in [2.45, 2.75) is 91.9 Å². The molecule has 7 unspecified atom stereocenters. The summed E-state index contributed by atoms with van der Waals surface area (Å²) in [6.07, 6.45) is -16.8. The van der Waals surface area contributed by atoms with Crippen molar-refractivity contribution in [3.63, 3.8) is 0 Å². The summed E-state index contributed by atoms with van der Waals surface area (Å²) < 4.78 is 27.4. The largest absolute Gasteiger partial charge is 0.394 e. The van der Waals surface area contributed by atoms with E-state index in [0.29, 0.717) is 0 Å². The number of aliphatic hydroxyl groups is 8. The summed E-state index contributed by atoms with van der Waals surface area (Å²) >= 11 is 0. The SMILES string of the molecule is NC1[C@H](O[C@H]2C(CO)O[C@H](O)[C@H](N)C2O)OC(CO)C(O[C@H]2OC(CO)[C@H](O)C(O)[C@H]2N)[C@@H]1O. The van der Waals surface area contributed by atoms with Gasteiger partial charge in [0.25, 0.3) is 0 Å². The quantitative estimate of drug-likeness (QED) is 0.154. The molecule has 0 bridgehead atoms. The molecule has 0 aromatic rings. The van der Waals surface area contributed by atoms with Crippen LogP contribution in [-0.2, 0) is 23.7 Å². The van der Waals surface area contributed by atoms with Crippen molar-refractivity contribution in [2.24, 2.45) is 17.2 Å². The van der Waals surface area contributed by atoms with Gasteiger partial charge < -0.3 is 81.7 Å². The maximum absolute atomic E-state index is 10.8. The van der Waals surface area contributed by atoms with Crippen LogP contribution in [0.25, 0.3) is 0 Å². The summed E-state index contributed by atoms with van der Waals surface area (Å²) in [5.74, 6) is 0. The average molecular weight is 501 g/mol. The molecule has 3 heterocycles. The molecule has 3 aliphatic rings. The van der Waals surface area contributed by atoms with Gasteiger partial charge in [0.15, 0.2) is 18.9 Å². The second kappa shape index (κ2) is 11.6. The topological polar surface area (TPSA) is 286 Å². The molecule has 0 aliphatic carbocycles. The molecule has 34 heavy (non-hydrogen) atoms. The first-order chi connectivity index (χ1) is 16.0. The fourth-order valence-electron chi connectivity index (χ4n) is 4.18. The Morgan fingerprint density at radius 3 is 1.44 bits per heavy atom. The Bertz CT molecular complexity index is 646. The summed E-state index contributed by atoms with van der Waals surface area (Å²) in [5, 5.41) is 79.6. The molecule has 14 N–H and O–H groups in total. The molecule has 0 amide bonds. The van der Waals surface area contributed by atoms with E-state index in [0.717, 1.165) is 0 Å². The Labute approximate surface area is 194 Å². The fraction of sp³-hybridized carbons (Fsp3) is 1.00. The van der Waals surface area contributed by atoms with Gasteiger partial charge in [0.2, 0.25) is 0 Å². The van der Waals surface area contributed by atoms with Gasteiger partial charge in [-0.25, -0.2) is 0 Å². The van der Waals surface area contributed by atoms with E-state index in [1.165, 1.54) is 0 Å². The molecule has 3 saturated heterocycles. The van der Waals surface area contributed by atoms with Crippen molar-refractivity contribution in [2.75, 3.05) is 19.8 Å². The summed E-state index contributed by atoms with van der Waals surface area (Å²) in [4.78, 5) is 0. The standard InChI is InChI=1S/C18H35N3O13/c19-7-12(27)14(5(2-23)30-16(7)29)33-18-9(21)13(28)15(6(3-24)32-18)34-17-8(20)11(26)10(25)4(1-22)31-17/h4-18,22-29H,1-3,19-21H2/t4?,5?,6?,7-,8-,9?,10+,11?,12?,13-,14+,15?,16+,17-,18+/m1/s1. The van der Waals surface area contributed by atoms with E-state index in [9.17, 15) is 40.9 Å². The van der Waals surface area contributed by atoms with Gasteiger partial charge in [0.1, 0.15) is 54.9 Å². The number of hydrogen-bond acceptors (Lipinski definition) is 16. The monoisotopic (exact) mass is 501 g/mol. The average Bonchev–Trinajstić information content (AvgIpc) is 2.83. The minimum atomic E-state index is -1.56. The molecule has 0 aromatic heterocycles. The van der Waals surface area contributed by atoms with Crippen LogP contribution in [0.5, 0.6) is 0 Å². The Hall–Kier alpha value is -0.640. The van der Waals surface area contributed by atoms with E-state index in [4.69, 9.17) is 40.9 Å². The van der Waals surface area contributed by atoms with Crippen LogP contribution >= 0.6 is 0 Å². The van der Waals surface area contributed by atoms with E-state index in [1.807, 2.05) is 0 Å². The van der Waals surface area contributed by atoms with E-state index in [2.05, 4.69) is 0 Å². The third kappa shape index (κ3) is 5.37. The van der Waals surface area contributed by atoms with Gasteiger partial charge in [-0.15, -0.1) is 0 Å². The van der Waals surface area contributed by atoms with Gasteiger partial charge in [0.05, 0.1) is 37.9 Å². The highest BCUT2D eigenvalue weighted by Crippen LogP contribution is 2.30. The van der Waals surface area contributed by atoms with Crippen LogP contribution in [0.2, 0.25) is 0 Å². The van der Waals surface area contributed by atoms with Crippen LogP contribution in [0.4, 0.5) is 0 Å². The Morgan fingerprint density at radius 1 is 0.529 bits per heavy atom. The molecule has 0 saturated carbocycles. The van der Waals surface area contributed by atoms with Gasteiger partial charge in [0, 0.05) is 0 Å².